The SMILES string of the molecule is Cc1csc(SCC(C#N)(NC2CC2)C2CC2)n1. The fraction of sp³-hybridized carbons (Fsp3) is 0.692. The fourth-order valence-electron chi connectivity index (χ4n) is 2.18. The van der Waals surface area contributed by atoms with Gasteiger partial charge in [0.1, 0.15) is 9.88 Å². The highest BCUT2D eigenvalue weighted by Crippen LogP contribution is 2.44. The predicted molar refractivity (Wildman–Crippen MR) is 74.8 cm³/mol. The third-order valence-corrected chi connectivity index (χ3v) is 5.87. The molecule has 1 unspecified atom stereocenters. The van der Waals surface area contributed by atoms with E-state index in [1.165, 1.54) is 25.7 Å². The zero-order valence-electron chi connectivity index (χ0n) is 10.5. The number of rotatable bonds is 6. The van der Waals surface area contributed by atoms with Crippen molar-refractivity contribution in [3.05, 3.63) is 11.1 Å². The second-order valence-electron chi connectivity index (χ2n) is 5.32. The lowest BCUT2D eigenvalue weighted by atomic mass is 9.97. The molecule has 2 fully saturated rings. The number of aromatic nitrogens is 1. The molecule has 96 valence electrons. The molecule has 1 atom stereocenters. The first kappa shape index (κ1) is 12.5. The summed E-state index contributed by atoms with van der Waals surface area (Å²) in [6.07, 6.45) is 4.86. The lowest BCUT2D eigenvalue weighted by Gasteiger charge is -2.27. The van der Waals surface area contributed by atoms with Crippen LogP contribution >= 0.6 is 23.1 Å². The van der Waals surface area contributed by atoms with Crippen molar-refractivity contribution in [1.29, 1.82) is 5.26 Å². The monoisotopic (exact) mass is 279 g/mol. The molecule has 0 saturated heterocycles. The van der Waals surface area contributed by atoms with Crippen molar-refractivity contribution in [1.82, 2.24) is 10.3 Å². The molecule has 0 radical (unpaired) electrons. The first-order valence-electron chi connectivity index (χ1n) is 6.46. The van der Waals surface area contributed by atoms with Crippen LogP contribution in [0.15, 0.2) is 9.72 Å². The molecule has 1 aromatic rings. The molecule has 3 nitrogen and oxygen atoms in total. The van der Waals surface area contributed by atoms with Gasteiger partial charge in [-0.2, -0.15) is 5.26 Å². The van der Waals surface area contributed by atoms with Crippen LogP contribution in [0.25, 0.3) is 0 Å². The number of nitriles is 1. The molecule has 0 bridgehead atoms. The van der Waals surface area contributed by atoms with Gasteiger partial charge in [-0.05, 0) is 38.5 Å². The summed E-state index contributed by atoms with van der Waals surface area (Å²) in [5.74, 6) is 1.38. The Hall–Kier alpha value is -0.570. The van der Waals surface area contributed by atoms with Crippen LogP contribution in [0.5, 0.6) is 0 Å². The average molecular weight is 279 g/mol. The molecule has 0 amide bonds. The van der Waals surface area contributed by atoms with Crippen LogP contribution in [-0.4, -0.2) is 22.3 Å². The molecule has 1 aromatic heterocycles. The quantitative estimate of drug-likeness (QED) is 0.813. The highest BCUT2D eigenvalue weighted by Gasteiger charge is 2.48. The molecular formula is C13H17N3S2. The van der Waals surface area contributed by atoms with Crippen molar-refractivity contribution >= 4 is 23.1 Å². The van der Waals surface area contributed by atoms with Crippen LogP contribution in [-0.2, 0) is 0 Å². The molecule has 5 heteroatoms. The Morgan fingerprint density at radius 1 is 1.56 bits per heavy atom. The summed E-state index contributed by atoms with van der Waals surface area (Å²) in [6.45, 7) is 2.02. The van der Waals surface area contributed by atoms with E-state index in [9.17, 15) is 5.26 Å². The third-order valence-electron chi connectivity index (χ3n) is 3.53. The van der Waals surface area contributed by atoms with Crippen molar-refractivity contribution in [3.63, 3.8) is 0 Å². The predicted octanol–water partition coefficient (Wildman–Crippen LogP) is 2.97. The van der Waals surface area contributed by atoms with Gasteiger partial charge in [-0.3, -0.25) is 5.32 Å². The molecule has 3 rings (SSSR count). The van der Waals surface area contributed by atoms with Gasteiger partial charge in [0, 0.05) is 22.9 Å². The number of aryl methyl sites for hydroxylation is 1. The molecule has 0 aromatic carbocycles. The Bertz CT molecular complexity index is 471. The van der Waals surface area contributed by atoms with Crippen LogP contribution in [0.1, 0.15) is 31.4 Å². The first-order chi connectivity index (χ1) is 8.72. The second kappa shape index (κ2) is 4.84. The zero-order valence-corrected chi connectivity index (χ0v) is 12.1. The Labute approximate surface area is 116 Å². The Kier molecular flexibility index (Phi) is 3.35. The molecule has 2 saturated carbocycles. The second-order valence-corrected chi connectivity index (χ2v) is 7.40. The minimum Gasteiger partial charge on any atom is -0.296 e. The van der Waals surface area contributed by atoms with Gasteiger partial charge in [-0.25, -0.2) is 4.98 Å². The molecule has 0 spiro atoms. The first-order valence-corrected chi connectivity index (χ1v) is 8.32. The number of nitrogens with one attached hydrogen (secondary N) is 1. The summed E-state index contributed by atoms with van der Waals surface area (Å²) >= 11 is 3.42. The van der Waals surface area contributed by atoms with Crippen LogP contribution < -0.4 is 5.32 Å². The van der Waals surface area contributed by atoms with E-state index < -0.39 is 0 Å². The average Bonchev–Trinajstić information content (AvgIpc) is 3.25. The van der Waals surface area contributed by atoms with E-state index in [4.69, 9.17) is 0 Å². The Morgan fingerprint density at radius 2 is 2.33 bits per heavy atom. The summed E-state index contributed by atoms with van der Waals surface area (Å²) in [7, 11) is 0. The maximum atomic E-state index is 9.60. The van der Waals surface area contributed by atoms with Gasteiger partial charge < -0.3 is 0 Å². The highest BCUT2D eigenvalue weighted by molar-refractivity contribution is 8.01. The van der Waals surface area contributed by atoms with Crippen LogP contribution in [0, 0.1) is 24.2 Å². The molecule has 18 heavy (non-hydrogen) atoms. The van der Waals surface area contributed by atoms with E-state index in [-0.39, 0.29) is 5.54 Å². The lowest BCUT2D eigenvalue weighted by Crippen LogP contribution is -2.49. The van der Waals surface area contributed by atoms with E-state index in [1.54, 1.807) is 23.1 Å². The molecule has 1 N–H and O–H groups in total. The highest BCUT2D eigenvalue weighted by atomic mass is 32.2. The summed E-state index contributed by atoms with van der Waals surface area (Å²) < 4.78 is 1.09. The minimum absolute atomic E-state index is 0.314. The van der Waals surface area contributed by atoms with Gasteiger partial charge >= 0.3 is 0 Å². The van der Waals surface area contributed by atoms with Gasteiger partial charge in [0.25, 0.3) is 0 Å². The van der Waals surface area contributed by atoms with E-state index >= 15 is 0 Å². The Balaban J connectivity index is 1.67. The minimum atomic E-state index is -0.314. The standard InChI is InChI=1S/C13H17N3S2/c1-9-6-17-12(15-9)18-8-13(7-14,10-2-3-10)16-11-4-5-11/h6,10-11,16H,2-5,8H2,1H3. The van der Waals surface area contributed by atoms with Crippen LogP contribution in [0.3, 0.4) is 0 Å². The summed E-state index contributed by atoms with van der Waals surface area (Å²) in [5.41, 5.74) is 0.762. The smallest absolute Gasteiger partial charge is 0.150 e. The summed E-state index contributed by atoms with van der Waals surface area (Å²) in [6, 6.07) is 3.16. The van der Waals surface area contributed by atoms with Crippen LogP contribution in [0.2, 0.25) is 0 Å². The van der Waals surface area contributed by atoms with Crippen LogP contribution in [0.4, 0.5) is 0 Å². The number of hydrogen-bond donors (Lipinski definition) is 1. The molecule has 0 aliphatic heterocycles. The van der Waals surface area contributed by atoms with Gasteiger partial charge in [0.05, 0.1) is 6.07 Å². The topological polar surface area (TPSA) is 48.7 Å². The van der Waals surface area contributed by atoms with Gasteiger partial charge in [0.15, 0.2) is 0 Å². The summed E-state index contributed by atoms with van der Waals surface area (Å²) in [4.78, 5) is 4.47. The van der Waals surface area contributed by atoms with E-state index in [2.05, 4.69) is 21.8 Å². The van der Waals surface area contributed by atoms with Gasteiger partial charge in [-0.1, -0.05) is 11.8 Å². The largest absolute Gasteiger partial charge is 0.296 e. The van der Waals surface area contributed by atoms with Gasteiger partial charge in [-0.15, -0.1) is 11.3 Å². The van der Waals surface area contributed by atoms with Gasteiger partial charge in [0.2, 0.25) is 0 Å². The maximum Gasteiger partial charge on any atom is 0.150 e. The van der Waals surface area contributed by atoms with Crippen molar-refractivity contribution in [3.8, 4) is 6.07 Å². The molecule has 1 heterocycles. The fourth-order valence-corrected chi connectivity index (χ4v) is 4.23. The van der Waals surface area contributed by atoms with E-state index in [0.29, 0.717) is 12.0 Å². The zero-order chi connectivity index (χ0) is 12.6. The molecule has 2 aliphatic rings. The maximum absolute atomic E-state index is 9.60. The third kappa shape index (κ3) is 2.71. The van der Waals surface area contributed by atoms with Crippen molar-refractivity contribution in [2.24, 2.45) is 5.92 Å². The van der Waals surface area contributed by atoms with Crippen molar-refractivity contribution < 1.29 is 0 Å². The number of thioether (sulfide) groups is 1. The molecule has 2 aliphatic carbocycles. The number of hydrogen-bond acceptors (Lipinski definition) is 5. The number of thiazole rings is 1. The molecular weight excluding hydrogens is 262 g/mol. The summed E-state index contributed by atoms with van der Waals surface area (Å²) in [5, 5.41) is 15.3. The van der Waals surface area contributed by atoms with Crippen molar-refractivity contribution in [2.75, 3.05) is 5.75 Å². The Morgan fingerprint density at radius 3 is 2.83 bits per heavy atom. The number of nitrogens with zero attached hydrogens (tertiary/aromatic N) is 2. The normalized spacial score (nSPS) is 22.4. The lowest BCUT2D eigenvalue weighted by molar-refractivity contribution is 0.401. The van der Waals surface area contributed by atoms with E-state index in [0.717, 1.165) is 15.8 Å². The van der Waals surface area contributed by atoms with Crippen molar-refractivity contribution in [2.45, 2.75) is 48.5 Å². The van der Waals surface area contributed by atoms with E-state index in [1.807, 2.05) is 6.92 Å².